The molecular weight excluding hydrogens is 670 g/mol. The number of amides is 1. The van der Waals surface area contributed by atoms with Crippen molar-refractivity contribution in [1.82, 2.24) is 24.2 Å². The molecule has 5 aromatic rings. The summed E-state index contributed by atoms with van der Waals surface area (Å²) in [5.41, 5.74) is 8.45. The Balaban J connectivity index is 1.32. The standard InChI is InChI=1S/C35H38F2N6O6S/c1-46-34-27(10-11-30(40-34)49-29-7-5-6-25(36)31(29)37)43-33(38)24(20-39-43)32(44)28-19-23-18-22(35(45)41-12-14-47-15-13-41)8-9-26(23)42(28)21-48-16-17-50(2,3)4/h5-11,18-20H,12-17,21,38H2,1-4H3. The van der Waals surface area contributed by atoms with Gasteiger partial charge in [-0.05, 0) is 61.2 Å². The SMILES string of the molecule is COc1nc(Oc2cccc(F)c2F)ccc1-n1ncc(C(=O)c2cc3cc(C(=O)N4CCOCC4)ccc3n2COCCS(C)(C)C)c1N. The van der Waals surface area contributed by atoms with Crippen molar-refractivity contribution < 1.29 is 37.3 Å². The van der Waals surface area contributed by atoms with Crippen molar-refractivity contribution in [3.63, 3.8) is 0 Å². The van der Waals surface area contributed by atoms with Crippen molar-refractivity contribution in [2.24, 2.45) is 0 Å². The van der Waals surface area contributed by atoms with Gasteiger partial charge < -0.3 is 34.1 Å². The van der Waals surface area contributed by atoms with E-state index in [2.05, 4.69) is 28.8 Å². The number of carbonyl (C=O) groups is 2. The monoisotopic (exact) mass is 708 g/mol. The van der Waals surface area contributed by atoms with Crippen LogP contribution < -0.4 is 15.2 Å². The number of methoxy groups -OCH3 is 1. The lowest BCUT2D eigenvalue weighted by atomic mass is 10.1. The van der Waals surface area contributed by atoms with E-state index in [9.17, 15) is 18.4 Å². The molecule has 1 saturated heterocycles. The zero-order valence-electron chi connectivity index (χ0n) is 28.2. The van der Waals surface area contributed by atoms with E-state index in [0.29, 0.717) is 49.6 Å². The first-order valence-corrected chi connectivity index (χ1v) is 18.8. The highest BCUT2D eigenvalue weighted by atomic mass is 32.3. The first-order chi connectivity index (χ1) is 23.9. The molecule has 50 heavy (non-hydrogen) atoms. The van der Waals surface area contributed by atoms with Gasteiger partial charge in [-0.1, -0.05) is 6.07 Å². The molecule has 0 saturated carbocycles. The zero-order valence-corrected chi connectivity index (χ0v) is 29.0. The fourth-order valence-electron chi connectivity index (χ4n) is 5.47. The van der Waals surface area contributed by atoms with Crippen LogP contribution in [0.25, 0.3) is 16.6 Å². The Morgan fingerprint density at radius 2 is 1.82 bits per heavy atom. The number of nitrogen functional groups attached to an aromatic ring is 1. The van der Waals surface area contributed by atoms with Crippen molar-refractivity contribution in [2.75, 3.05) is 70.3 Å². The van der Waals surface area contributed by atoms with E-state index in [1.807, 2.05) is 6.07 Å². The van der Waals surface area contributed by atoms with Gasteiger partial charge in [-0.2, -0.15) is 14.5 Å². The molecule has 1 amide bonds. The Bertz CT molecular complexity index is 2050. The van der Waals surface area contributed by atoms with E-state index in [4.69, 9.17) is 24.7 Å². The Kier molecular flexibility index (Phi) is 10.1. The Labute approximate surface area is 289 Å². The van der Waals surface area contributed by atoms with Gasteiger partial charge in [-0.25, -0.2) is 19.1 Å². The second-order valence-corrected chi connectivity index (χ2v) is 17.1. The van der Waals surface area contributed by atoms with E-state index < -0.39 is 27.4 Å². The van der Waals surface area contributed by atoms with Gasteiger partial charge in [0.1, 0.15) is 18.2 Å². The molecule has 3 aromatic heterocycles. The van der Waals surface area contributed by atoms with Crippen LogP contribution in [0.5, 0.6) is 17.5 Å². The van der Waals surface area contributed by atoms with Crippen molar-refractivity contribution in [3.8, 4) is 23.2 Å². The van der Waals surface area contributed by atoms with Crippen LogP contribution in [-0.4, -0.2) is 100 Å². The lowest BCUT2D eigenvalue weighted by Crippen LogP contribution is -2.40. The number of aromatic nitrogens is 4. The molecule has 0 spiro atoms. The highest BCUT2D eigenvalue weighted by molar-refractivity contribution is 8.32. The fourth-order valence-corrected chi connectivity index (χ4v) is 6.09. The maximum absolute atomic E-state index is 14.2. The average Bonchev–Trinajstić information content (AvgIpc) is 3.67. The van der Waals surface area contributed by atoms with Crippen LogP contribution in [0.3, 0.4) is 0 Å². The molecule has 0 bridgehead atoms. The molecule has 6 rings (SSSR count). The van der Waals surface area contributed by atoms with Crippen LogP contribution in [-0.2, 0) is 16.2 Å². The third-order valence-electron chi connectivity index (χ3n) is 8.16. The Morgan fingerprint density at radius 1 is 1.04 bits per heavy atom. The van der Waals surface area contributed by atoms with E-state index in [1.54, 1.807) is 27.7 Å². The summed E-state index contributed by atoms with van der Waals surface area (Å²) in [7, 11) is 0.568. The van der Waals surface area contributed by atoms with E-state index in [-0.39, 0.29) is 47.2 Å². The number of nitrogens with zero attached hydrogens (tertiary/aromatic N) is 5. The normalized spacial score (nSPS) is 13.8. The van der Waals surface area contributed by atoms with Gasteiger partial charge in [0.2, 0.25) is 23.4 Å². The van der Waals surface area contributed by atoms with E-state index in [1.165, 1.54) is 42.3 Å². The molecule has 0 aliphatic carbocycles. The molecule has 0 radical (unpaired) electrons. The average molecular weight is 709 g/mol. The van der Waals surface area contributed by atoms with Crippen LogP contribution in [0.2, 0.25) is 0 Å². The first-order valence-electron chi connectivity index (χ1n) is 15.7. The summed E-state index contributed by atoms with van der Waals surface area (Å²) >= 11 is 0. The first kappa shape index (κ1) is 34.9. The number of morpholine rings is 1. The largest absolute Gasteiger partial charge is 0.479 e. The minimum Gasteiger partial charge on any atom is -0.479 e. The molecule has 264 valence electrons. The van der Waals surface area contributed by atoms with Crippen LogP contribution in [0.4, 0.5) is 14.6 Å². The number of ketones is 1. The van der Waals surface area contributed by atoms with Gasteiger partial charge >= 0.3 is 0 Å². The van der Waals surface area contributed by atoms with Crippen molar-refractivity contribution >= 4 is 38.4 Å². The smallest absolute Gasteiger partial charge is 0.254 e. The zero-order chi connectivity index (χ0) is 35.6. The molecule has 0 unspecified atom stereocenters. The highest BCUT2D eigenvalue weighted by Gasteiger charge is 2.26. The van der Waals surface area contributed by atoms with Crippen molar-refractivity contribution in [2.45, 2.75) is 6.73 Å². The van der Waals surface area contributed by atoms with E-state index >= 15 is 0 Å². The number of halogens is 2. The number of benzene rings is 2. The van der Waals surface area contributed by atoms with Gasteiger partial charge in [0.15, 0.2) is 11.6 Å². The second-order valence-electron chi connectivity index (χ2n) is 12.5. The number of hydrogen-bond acceptors (Lipinski definition) is 9. The van der Waals surface area contributed by atoms with Crippen LogP contribution >= 0.6 is 10.0 Å². The summed E-state index contributed by atoms with van der Waals surface area (Å²) in [6, 6.07) is 13.6. The third kappa shape index (κ3) is 7.29. The minimum absolute atomic E-state index is 0.00840. The van der Waals surface area contributed by atoms with Gasteiger partial charge in [-0.3, -0.25) is 9.59 Å². The Morgan fingerprint density at radius 3 is 2.56 bits per heavy atom. The minimum atomic E-state index is -1.16. The topological polar surface area (TPSA) is 136 Å². The molecule has 4 heterocycles. The Hall–Kier alpha value is -4.99. The lowest BCUT2D eigenvalue weighted by molar-refractivity contribution is 0.0303. The molecule has 15 heteroatoms. The van der Waals surface area contributed by atoms with Crippen molar-refractivity contribution in [3.05, 3.63) is 89.2 Å². The van der Waals surface area contributed by atoms with Gasteiger partial charge in [0.25, 0.3) is 5.91 Å². The number of carbonyl (C=O) groups excluding carboxylic acids is 2. The van der Waals surface area contributed by atoms with Gasteiger partial charge in [0, 0.05) is 35.9 Å². The summed E-state index contributed by atoms with van der Waals surface area (Å²) in [4.78, 5) is 33.5. The van der Waals surface area contributed by atoms with E-state index in [0.717, 1.165) is 17.3 Å². The molecule has 1 aliphatic heterocycles. The number of hydrogen-bond donors (Lipinski definition) is 1. The summed E-state index contributed by atoms with van der Waals surface area (Å²) in [6.45, 7) is 2.61. The number of pyridine rings is 1. The maximum atomic E-state index is 14.2. The van der Waals surface area contributed by atoms with Gasteiger partial charge in [-0.15, -0.1) is 0 Å². The fraction of sp³-hybridized carbons (Fsp3) is 0.314. The molecular formula is C35H38F2N6O6S. The predicted molar refractivity (Wildman–Crippen MR) is 187 cm³/mol. The maximum Gasteiger partial charge on any atom is 0.254 e. The van der Waals surface area contributed by atoms with Crippen LogP contribution in [0.1, 0.15) is 26.4 Å². The summed E-state index contributed by atoms with van der Waals surface area (Å²) in [6.07, 6.45) is 7.97. The van der Waals surface area contributed by atoms with Gasteiger partial charge in [0.05, 0.1) is 49.9 Å². The quantitative estimate of drug-likeness (QED) is 0.136. The van der Waals surface area contributed by atoms with Crippen LogP contribution in [0.15, 0.2) is 60.8 Å². The predicted octanol–water partition coefficient (Wildman–Crippen LogP) is 5.25. The summed E-state index contributed by atoms with van der Waals surface area (Å²) in [5, 5.41) is 5.05. The number of anilines is 1. The number of nitrogens with two attached hydrogens (primary N) is 1. The molecule has 2 aromatic carbocycles. The second kappa shape index (κ2) is 14.5. The highest BCUT2D eigenvalue weighted by Crippen LogP contribution is 2.34. The molecule has 0 atom stereocenters. The molecule has 1 aliphatic rings. The lowest BCUT2D eigenvalue weighted by Gasteiger charge is -2.26. The summed E-state index contributed by atoms with van der Waals surface area (Å²) in [5.74, 6) is -2.25. The molecule has 1 fully saturated rings. The third-order valence-corrected chi connectivity index (χ3v) is 9.55. The van der Waals surface area contributed by atoms with Crippen LogP contribution in [0, 0.1) is 11.6 Å². The molecule has 12 nitrogen and oxygen atoms in total. The molecule has 2 N–H and O–H groups in total. The number of ether oxygens (including phenoxy) is 4. The number of fused-ring (bicyclic) bond motifs is 1. The van der Waals surface area contributed by atoms with Crippen molar-refractivity contribution in [1.29, 1.82) is 0 Å². The summed E-state index contributed by atoms with van der Waals surface area (Å²) < 4.78 is 53.3. The number of rotatable bonds is 12.